The van der Waals surface area contributed by atoms with Gasteiger partial charge in [-0.1, -0.05) is 49.3 Å². The molecule has 2 aromatic carbocycles. The molecule has 3 rings (SSSR count). The van der Waals surface area contributed by atoms with E-state index in [1.807, 2.05) is 42.1 Å². The van der Waals surface area contributed by atoms with Gasteiger partial charge in [0.05, 0.1) is 10.6 Å². The third-order valence-electron chi connectivity index (χ3n) is 4.67. The average molecular weight is 475 g/mol. The van der Waals surface area contributed by atoms with Crippen LogP contribution in [0.5, 0.6) is 0 Å². The Labute approximate surface area is 197 Å². The van der Waals surface area contributed by atoms with Gasteiger partial charge >= 0.3 is 0 Å². The normalized spacial score (nSPS) is 14.5. The molecule has 0 saturated carbocycles. The predicted octanol–water partition coefficient (Wildman–Crippen LogP) is 6.32. The lowest BCUT2D eigenvalue weighted by atomic mass is 10.1. The first kappa shape index (κ1) is 23.8. The van der Waals surface area contributed by atoms with E-state index in [4.69, 9.17) is 11.6 Å². The molecule has 0 atom stereocenters. The van der Waals surface area contributed by atoms with Crippen LogP contribution in [0.15, 0.2) is 52.3 Å². The van der Waals surface area contributed by atoms with Crippen molar-refractivity contribution in [2.45, 2.75) is 31.6 Å². The van der Waals surface area contributed by atoms with Gasteiger partial charge in [0.1, 0.15) is 0 Å². The lowest BCUT2D eigenvalue weighted by Crippen LogP contribution is -2.25. The number of halogens is 1. The highest BCUT2D eigenvalue weighted by atomic mass is 35.5. The highest BCUT2D eigenvalue weighted by molar-refractivity contribution is 8.04. The van der Waals surface area contributed by atoms with Crippen LogP contribution in [0.3, 0.4) is 0 Å². The number of thioether (sulfide) groups is 2. The number of carbonyl (C=O) groups excluding carboxylic acids is 2. The monoisotopic (exact) mass is 474 g/mol. The lowest BCUT2D eigenvalue weighted by molar-refractivity contribution is -0.112. The van der Waals surface area contributed by atoms with Crippen molar-refractivity contribution in [1.29, 1.82) is 0 Å². The van der Waals surface area contributed by atoms with Gasteiger partial charge in [0.15, 0.2) is 0 Å². The van der Waals surface area contributed by atoms with Gasteiger partial charge in [-0.15, -0.1) is 0 Å². The Kier molecular flexibility index (Phi) is 8.93. The van der Waals surface area contributed by atoms with Crippen molar-refractivity contribution in [2.24, 2.45) is 5.92 Å². The van der Waals surface area contributed by atoms with Crippen molar-refractivity contribution in [3.63, 3.8) is 0 Å². The number of nitrogens with one attached hydrogen (secondary N) is 2. The molecule has 164 valence electrons. The Hall–Kier alpha value is -1.89. The number of benzene rings is 2. The summed E-state index contributed by atoms with van der Waals surface area (Å²) in [6.07, 6.45) is 3.99. The first-order valence-electron chi connectivity index (χ1n) is 10.4. The molecule has 31 heavy (non-hydrogen) atoms. The second-order valence-corrected chi connectivity index (χ2v) is 10.5. The van der Waals surface area contributed by atoms with Gasteiger partial charge in [-0.3, -0.25) is 9.59 Å². The third kappa shape index (κ3) is 7.34. The van der Waals surface area contributed by atoms with E-state index in [0.717, 1.165) is 28.6 Å². The van der Waals surface area contributed by atoms with E-state index in [0.29, 0.717) is 27.7 Å². The zero-order valence-corrected chi connectivity index (χ0v) is 20.1. The van der Waals surface area contributed by atoms with E-state index in [1.165, 1.54) is 23.9 Å². The average Bonchev–Trinajstić information content (AvgIpc) is 2.73. The molecule has 2 aromatic rings. The van der Waals surface area contributed by atoms with Crippen LogP contribution >= 0.6 is 35.1 Å². The minimum atomic E-state index is -0.187. The van der Waals surface area contributed by atoms with Crippen molar-refractivity contribution in [3.8, 4) is 0 Å². The van der Waals surface area contributed by atoms with E-state index in [2.05, 4.69) is 24.5 Å². The van der Waals surface area contributed by atoms with Crippen molar-refractivity contribution in [1.82, 2.24) is 5.32 Å². The summed E-state index contributed by atoms with van der Waals surface area (Å²) in [5, 5.41) is 6.49. The molecule has 0 saturated heterocycles. The summed E-state index contributed by atoms with van der Waals surface area (Å²) in [6, 6.07) is 12.8. The number of amides is 2. The summed E-state index contributed by atoms with van der Waals surface area (Å²) in [5.41, 5.74) is 2.08. The maximum Gasteiger partial charge on any atom is 0.262 e. The topological polar surface area (TPSA) is 58.2 Å². The van der Waals surface area contributed by atoms with E-state index in [-0.39, 0.29) is 11.8 Å². The van der Waals surface area contributed by atoms with E-state index in [1.54, 1.807) is 18.2 Å². The molecule has 4 nitrogen and oxygen atoms in total. The SMILES string of the molecule is CC(C)CCSCCCNC(=O)c1ccc2c(c1)NC(=O)C(=Cc1cccc(Cl)c1)S2. The molecule has 0 unspecified atom stereocenters. The third-order valence-corrected chi connectivity index (χ3v) is 7.11. The van der Waals surface area contributed by atoms with Crippen LogP contribution < -0.4 is 10.6 Å². The van der Waals surface area contributed by atoms with Crippen LogP contribution in [0.1, 0.15) is 42.6 Å². The smallest absolute Gasteiger partial charge is 0.262 e. The first-order valence-corrected chi connectivity index (χ1v) is 12.7. The molecule has 2 amide bonds. The minimum Gasteiger partial charge on any atom is -0.352 e. The number of fused-ring (bicyclic) bond motifs is 1. The molecular formula is C24H27ClN2O2S2. The van der Waals surface area contributed by atoms with Crippen LogP contribution in [0.2, 0.25) is 5.02 Å². The highest BCUT2D eigenvalue weighted by Crippen LogP contribution is 2.39. The van der Waals surface area contributed by atoms with Crippen LogP contribution in [-0.4, -0.2) is 29.9 Å². The predicted molar refractivity (Wildman–Crippen MR) is 134 cm³/mol. The summed E-state index contributed by atoms with van der Waals surface area (Å²) >= 11 is 9.35. The molecule has 0 aliphatic carbocycles. The van der Waals surface area contributed by atoms with Gasteiger partial charge < -0.3 is 10.6 Å². The minimum absolute atomic E-state index is 0.116. The highest BCUT2D eigenvalue weighted by Gasteiger charge is 2.22. The Bertz CT molecular complexity index is 976. The van der Waals surface area contributed by atoms with Gasteiger partial charge in [0.2, 0.25) is 0 Å². The van der Waals surface area contributed by atoms with Crippen LogP contribution in [0.4, 0.5) is 5.69 Å². The zero-order valence-electron chi connectivity index (χ0n) is 17.7. The molecule has 1 aliphatic heterocycles. The molecule has 0 radical (unpaired) electrons. The van der Waals surface area contributed by atoms with Crippen molar-refractivity contribution in [2.75, 3.05) is 23.4 Å². The van der Waals surface area contributed by atoms with E-state index < -0.39 is 0 Å². The summed E-state index contributed by atoms with van der Waals surface area (Å²) in [7, 11) is 0. The molecule has 0 spiro atoms. The second kappa shape index (κ2) is 11.7. The summed E-state index contributed by atoms with van der Waals surface area (Å²) < 4.78 is 0. The first-order chi connectivity index (χ1) is 14.9. The molecule has 0 aromatic heterocycles. The molecule has 2 N–H and O–H groups in total. The largest absolute Gasteiger partial charge is 0.352 e. The zero-order chi connectivity index (χ0) is 22.2. The number of carbonyl (C=O) groups is 2. The molecule has 7 heteroatoms. The number of rotatable bonds is 9. The Balaban J connectivity index is 1.55. The Morgan fingerprint density at radius 2 is 2.06 bits per heavy atom. The fourth-order valence-corrected chi connectivity index (χ4v) is 5.27. The fourth-order valence-electron chi connectivity index (χ4n) is 2.95. The van der Waals surface area contributed by atoms with Gasteiger partial charge in [-0.2, -0.15) is 11.8 Å². The van der Waals surface area contributed by atoms with Crippen molar-refractivity contribution >= 4 is 58.7 Å². The summed E-state index contributed by atoms with van der Waals surface area (Å²) in [4.78, 5) is 26.5. The molecule has 1 aliphatic rings. The maximum atomic E-state index is 12.5. The van der Waals surface area contributed by atoms with Gasteiger partial charge in [0.25, 0.3) is 11.8 Å². The van der Waals surface area contributed by atoms with Gasteiger partial charge in [0, 0.05) is 22.0 Å². The fraction of sp³-hybridized carbons (Fsp3) is 0.333. The van der Waals surface area contributed by atoms with Crippen LogP contribution in [0, 0.1) is 5.92 Å². The lowest BCUT2D eigenvalue weighted by Gasteiger charge is -2.19. The van der Waals surface area contributed by atoms with Crippen molar-refractivity contribution < 1.29 is 9.59 Å². The van der Waals surface area contributed by atoms with Crippen molar-refractivity contribution in [3.05, 3.63) is 63.5 Å². The van der Waals surface area contributed by atoms with E-state index in [9.17, 15) is 9.59 Å². The molecular weight excluding hydrogens is 448 g/mol. The van der Waals surface area contributed by atoms with Crippen LogP contribution in [0.25, 0.3) is 6.08 Å². The Morgan fingerprint density at radius 3 is 2.84 bits per heavy atom. The van der Waals surface area contributed by atoms with E-state index >= 15 is 0 Å². The molecule has 0 bridgehead atoms. The number of anilines is 1. The van der Waals surface area contributed by atoms with Crippen LogP contribution in [-0.2, 0) is 4.79 Å². The van der Waals surface area contributed by atoms with Gasteiger partial charge in [-0.05, 0) is 72.2 Å². The molecule has 0 fully saturated rings. The maximum absolute atomic E-state index is 12.5. The summed E-state index contributed by atoms with van der Waals surface area (Å²) in [6.45, 7) is 5.12. The second-order valence-electron chi connectivity index (χ2n) is 7.74. The number of hydrogen-bond donors (Lipinski definition) is 2. The quantitative estimate of drug-likeness (QED) is 0.329. The number of hydrogen-bond acceptors (Lipinski definition) is 4. The Morgan fingerprint density at radius 1 is 1.23 bits per heavy atom. The standard InChI is InChI=1S/C24H27ClN2O2S2/c1-16(2)9-12-30-11-4-10-26-23(28)18-7-8-21-20(15-18)27-24(29)22(31-21)14-17-5-3-6-19(25)13-17/h3,5-8,13-16H,4,9-12H2,1-2H3,(H,26,28)(H,27,29). The molecule has 1 heterocycles. The summed E-state index contributed by atoms with van der Waals surface area (Å²) in [5.74, 6) is 2.65. The van der Waals surface area contributed by atoms with Gasteiger partial charge in [-0.25, -0.2) is 0 Å².